The number of fused-ring (bicyclic) bond motifs is 2. The minimum Gasteiger partial charge on any atom is -0.486 e. The van der Waals surface area contributed by atoms with Crippen LogP contribution >= 0.6 is 11.8 Å². The number of thioether (sulfide) groups is 1. The van der Waals surface area contributed by atoms with Crippen molar-refractivity contribution in [2.75, 3.05) is 19.0 Å². The van der Waals surface area contributed by atoms with E-state index in [2.05, 4.69) is 17.4 Å². The second-order valence-corrected chi connectivity index (χ2v) is 7.09. The van der Waals surface area contributed by atoms with Crippen molar-refractivity contribution in [2.45, 2.75) is 23.8 Å². The van der Waals surface area contributed by atoms with Gasteiger partial charge in [0.05, 0.1) is 12.5 Å². The topological polar surface area (TPSA) is 47.6 Å². The molecule has 2 aliphatic heterocycles. The lowest BCUT2D eigenvalue weighted by atomic mass is 10.0. The Morgan fingerprint density at radius 1 is 1.12 bits per heavy atom. The average Bonchev–Trinajstić information content (AvgIpc) is 2.62. The Bertz CT molecular complexity index is 762. The highest BCUT2D eigenvalue weighted by Crippen LogP contribution is 2.36. The number of nitrogens with one attached hydrogen (secondary N) is 1. The molecule has 0 aliphatic carbocycles. The number of hydrogen-bond acceptors (Lipinski definition) is 4. The number of rotatable bonds is 3. The van der Waals surface area contributed by atoms with Crippen molar-refractivity contribution in [1.82, 2.24) is 5.32 Å². The fourth-order valence-electron chi connectivity index (χ4n) is 3.12. The number of benzene rings is 2. The average molecular weight is 341 g/mol. The van der Waals surface area contributed by atoms with Gasteiger partial charge in [-0.3, -0.25) is 4.79 Å². The normalized spacial score (nSPS) is 18.6. The summed E-state index contributed by atoms with van der Waals surface area (Å²) in [6.45, 7) is 1.13. The molecule has 1 N–H and O–H groups in total. The number of ether oxygens (including phenoxy) is 2. The Balaban J connectivity index is 1.44. The van der Waals surface area contributed by atoms with Gasteiger partial charge in [-0.15, -0.1) is 11.8 Å². The van der Waals surface area contributed by atoms with Gasteiger partial charge in [0.2, 0.25) is 5.91 Å². The molecule has 0 spiro atoms. The molecule has 2 heterocycles. The first-order valence-corrected chi connectivity index (χ1v) is 9.18. The van der Waals surface area contributed by atoms with E-state index >= 15 is 0 Å². The maximum absolute atomic E-state index is 12.5. The molecule has 0 saturated carbocycles. The first kappa shape index (κ1) is 15.4. The summed E-state index contributed by atoms with van der Waals surface area (Å²) in [6, 6.07) is 14.1. The third-order valence-corrected chi connectivity index (χ3v) is 5.39. The molecule has 0 bridgehead atoms. The quantitative estimate of drug-likeness (QED) is 0.930. The van der Waals surface area contributed by atoms with Crippen LogP contribution in [0.2, 0.25) is 0 Å². The lowest BCUT2D eigenvalue weighted by Gasteiger charge is -2.26. The van der Waals surface area contributed by atoms with E-state index in [-0.39, 0.29) is 11.9 Å². The summed E-state index contributed by atoms with van der Waals surface area (Å²) in [5.41, 5.74) is 2.17. The van der Waals surface area contributed by atoms with Crippen LogP contribution in [0, 0.1) is 0 Å². The highest BCUT2D eigenvalue weighted by molar-refractivity contribution is 7.99. The Hall–Kier alpha value is -2.14. The molecule has 2 aliphatic rings. The van der Waals surface area contributed by atoms with Gasteiger partial charge in [-0.05, 0) is 35.7 Å². The highest BCUT2D eigenvalue weighted by Gasteiger charge is 2.22. The van der Waals surface area contributed by atoms with Crippen LogP contribution in [0.4, 0.5) is 0 Å². The molecule has 5 heteroatoms. The van der Waals surface area contributed by atoms with Crippen molar-refractivity contribution < 1.29 is 14.3 Å². The van der Waals surface area contributed by atoms with Crippen molar-refractivity contribution in [1.29, 1.82) is 0 Å². The van der Waals surface area contributed by atoms with Crippen molar-refractivity contribution in [3.8, 4) is 11.5 Å². The SMILES string of the molecule is O=C(Cc1ccc2c(c1)OCCO2)NC1CCSc2ccccc21. The predicted octanol–water partition coefficient (Wildman–Crippen LogP) is 3.35. The summed E-state index contributed by atoms with van der Waals surface area (Å²) in [5.74, 6) is 2.55. The molecule has 1 amide bonds. The van der Waals surface area contributed by atoms with Crippen LogP contribution in [-0.4, -0.2) is 24.9 Å². The monoisotopic (exact) mass is 341 g/mol. The van der Waals surface area contributed by atoms with E-state index in [1.807, 2.05) is 42.1 Å². The van der Waals surface area contributed by atoms with Gasteiger partial charge in [0.25, 0.3) is 0 Å². The zero-order valence-corrected chi connectivity index (χ0v) is 14.1. The van der Waals surface area contributed by atoms with Gasteiger partial charge in [0.1, 0.15) is 13.2 Å². The van der Waals surface area contributed by atoms with Crippen molar-refractivity contribution in [3.63, 3.8) is 0 Å². The number of amides is 1. The summed E-state index contributed by atoms with van der Waals surface area (Å²) < 4.78 is 11.1. The smallest absolute Gasteiger partial charge is 0.224 e. The lowest BCUT2D eigenvalue weighted by molar-refractivity contribution is -0.121. The van der Waals surface area contributed by atoms with Crippen LogP contribution in [0.5, 0.6) is 11.5 Å². The largest absolute Gasteiger partial charge is 0.486 e. The molecule has 2 aromatic rings. The van der Waals surface area contributed by atoms with Gasteiger partial charge in [0, 0.05) is 10.6 Å². The summed E-state index contributed by atoms with van der Waals surface area (Å²) >= 11 is 1.86. The van der Waals surface area contributed by atoms with E-state index in [1.54, 1.807) is 0 Å². The van der Waals surface area contributed by atoms with Crippen molar-refractivity contribution in [2.24, 2.45) is 0 Å². The first-order chi connectivity index (χ1) is 11.8. The van der Waals surface area contributed by atoms with E-state index in [0.29, 0.717) is 19.6 Å². The maximum Gasteiger partial charge on any atom is 0.224 e. The summed E-state index contributed by atoms with van der Waals surface area (Å²) in [5, 5.41) is 3.18. The number of hydrogen-bond donors (Lipinski definition) is 1. The zero-order chi connectivity index (χ0) is 16.4. The third-order valence-electron chi connectivity index (χ3n) is 4.27. The zero-order valence-electron chi connectivity index (χ0n) is 13.3. The van der Waals surface area contributed by atoms with Gasteiger partial charge < -0.3 is 14.8 Å². The Morgan fingerprint density at radius 2 is 1.96 bits per heavy atom. The van der Waals surface area contributed by atoms with Gasteiger partial charge in [0.15, 0.2) is 11.5 Å². The van der Waals surface area contributed by atoms with E-state index in [0.717, 1.165) is 29.2 Å². The molecule has 0 radical (unpaired) electrons. The molecule has 1 atom stereocenters. The summed E-state index contributed by atoms with van der Waals surface area (Å²) in [7, 11) is 0. The van der Waals surface area contributed by atoms with Gasteiger partial charge in [-0.25, -0.2) is 0 Å². The highest BCUT2D eigenvalue weighted by atomic mass is 32.2. The second kappa shape index (κ2) is 6.77. The second-order valence-electron chi connectivity index (χ2n) is 5.95. The minimum absolute atomic E-state index is 0.0402. The lowest BCUT2D eigenvalue weighted by Crippen LogP contribution is -2.31. The van der Waals surface area contributed by atoms with Crippen LogP contribution in [0.15, 0.2) is 47.4 Å². The Kier molecular flexibility index (Phi) is 4.34. The van der Waals surface area contributed by atoms with Gasteiger partial charge in [-0.2, -0.15) is 0 Å². The molecule has 2 aromatic carbocycles. The first-order valence-electron chi connectivity index (χ1n) is 8.19. The molecular weight excluding hydrogens is 322 g/mol. The van der Waals surface area contributed by atoms with Gasteiger partial charge in [-0.1, -0.05) is 24.3 Å². The summed E-state index contributed by atoms with van der Waals surface area (Å²) in [4.78, 5) is 13.7. The standard InChI is InChI=1S/C19H19NO3S/c21-19(12-13-5-6-16-17(11-13)23-9-8-22-16)20-15-7-10-24-18-4-2-1-3-14(15)18/h1-6,11,15H,7-10,12H2,(H,20,21). The fourth-order valence-corrected chi connectivity index (χ4v) is 4.25. The Labute approximate surface area is 145 Å². The van der Waals surface area contributed by atoms with Crippen molar-refractivity contribution >= 4 is 17.7 Å². The van der Waals surface area contributed by atoms with Crippen LogP contribution in [-0.2, 0) is 11.2 Å². The molecule has 24 heavy (non-hydrogen) atoms. The molecular formula is C19H19NO3S. The molecule has 0 saturated heterocycles. The maximum atomic E-state index is 12.5. The molecule has 4 nitrogen and oxygen atoms in total. The molecule has 4 rings (SSSR count). The summed E-state index contributed by atoms with van der Waals surface area (Å²) in [6.07, 6.45) is 1.32. The molecule has 0 aromatic heterocycles. The van der Waals surface area contributed by atoms with E-state index in [9.17, 15) is 4.79 Å². The van der Waals surface area contributed by atoms with E-state index in [4.69, 9.17) is 9.47 Å². The molecule has 1 unspecified atom stereocenters. The van der Waals surface area contributed by atoms with Crippen molar-refractivity contribution in [3.05, 3.63) is 53.6 Å². The molecule has 124 valence electrons. The minimum atomic E-state index is 0.0402. The van der Waals surface area contributed by atoms with E-state index in [1.165, 1.54) is 10.5 Å². The van der Waals surface area contributed by atoms with Crippen LogP contribution in [0.3, 0.4) is 0 Å². The van der Waals surface area contributed by atoms with Crippen LogP contribution in [0.25, 0.3) is 0 Å². The Morgan fingerprint density at radius 3 is 2.88 bits per heavy atom. The third kappa shape index (κ3) is 3.22. The van der Waals surface area contributed by atoms with Gasteiger partial charge >= 0.3 is 0 Å². The fraction of sp³-hybridized carbons (Fsp3) is 0.316. The number of carbonyl (C=O) groups is 1. The number of carbonyl (C=O) groups excluding carboxylic acids is 1. The van der Waals surface area contributed by atoms with E-state index < -0.39 is 0 Å². The molecule has 0 fully saturated rings. The van der Waals surface area contributed by atoms with Crippen LogP contribution < -0.4 is 14.8 Å². The predicted molar refractivity (Wildman–Crippen MR) is 93.8 cm³/mol. The van der Waals surface area contributed by atoms with Crippen LogP contribution in [0.1, 0.15) is 23.6 Å².